The summed E-state index contributed by atoms with van der Waals surface area (Å²) < 4.78 is 10.0. The Balaban J connectivity index is 1.92. The van der Waals surface area contributed by atoms with Gasteiger partial charge in [0.15, 0.2) is 0 Å². The van der Waals surface area contributed by atoms with Crippen LogP contribution in [0.15, 0.2) is 42.5 Å². The van der Waals surface area contributed by atoms with Gasteiger partial charge in [0.1, 0.15) is 5.75 Å². The van der Waals surface area contributed by atoms with Crippen molar-refractivity contribution in [1.82, 2.24) is 10.6 Å². The van der Waals surface area contributed by atoms with E-state index in [9.17, 15) is 9.59 Å². The van der Waals surface area contributed by atoms with Gasteiger partial charge in [-0.2, -0.15) is 0 Å². The van der Waals surface area contributed by atoms with E-state index in [1.807, 2.05) is 32.0 Å². The maximum Gasteiger partial charge on any atom is 0.337 e. The van der Waals surface area contributed by atoms with Crippen molar-refractivity contribution >= 4 is 12.0 Å². The van der Waals surface area contributed by atoms with Crippen molar-refractivity contribution < 1.29 is 19.1 Å². The number of ether oxygens (including phenoxy) is 2. The van der Waals surface area contributed by atoms with E-state index in [-0.39, 0.29) is 18.0 Å². The summed E-state index contributed by atoms with van der Waals surface area (Å²) in [6.45, 7) is 4.25. The molecule has 2 rings (SSSR count). The molecule has 0 radical (unpaired) electrons. The number of methoxy groups -OCH3 is 2. The highest BCUT2D eigenvalue weighted by atomic mass is 16.5. The van der Waals surface area contributed by atoms with Gasteiger partial charge in [0.2, 0.25) is 0 Å². The van der Waals surface area contributed by atoms with Crippen molar-refractivity contribution in [2.75, 3.05) is 14.2 Å². The first kappa shape index (κ1) is 19.3. The molecular formula is C20H24N2O4. The number of carbonyl (C=O) groups excluding carboxylic acids is 2. The van der Waals surface area contributed by atoms with Crippen LogP contribution in [-0.2, 0) is 11.3 Å². The molecule has 0 aliphatic heterocycles. The molecule has 2 aromatic rings. The molecule has 0 aliphatic carbocycles. The molecule has 0 fully saturated rings. The second kappa shape index (κ2) is 8.89. The van der Waals surface area contributed by atoms with Gasteiger partial charge in [-0.05, 0) is 37.6 Å². The standard InChI is InChI=1S/C20H24N2O4/c1-13-5-10-18(25-3)17(11-13)14(2)22-20(24)21-12-15-6-8-16(9-7-15)19(23)26-4/h5-11,14H,12H2,1-4H3,(H2,21,22,24). The number of hydrogen-bond acceptors (Lipinski definition) is 4. The topological polar surface area (TPSA) is 76.7 Å². The summed E-state index contributed by atoms with van der Waals surface area (Å²) in [6.07, 6.45) is 0. The minimum Gasteiger partial charge on any atom is -0.496 e. The summed E-state index contributed by atoms with van der Waals surface area (Å²) in [4.78, 5) is 23.6. The number of amides is 2. The Bertz CT molecular complexity index is 772. The lowest BCUT2D eigenvalue weighted by Gasteiger charge is -2.18. The Kier molecular flexibility index (Phi) is 6.60. The quantitative estimate of drug-likeness (QED) is 0.778. The highest BCUT2D eigenvalue weighted by molar-refractivity contribution is 5.89. The monoisotopic (exact) mass is 356 g/mol. The Morgan fingerprint density at radius 1 is 1.08 bits per heavy atom. The molecule has 0 heterocycles. The Labute approximate surface area is 153 Å². The minimum atomic E-state index is -0.386. The molecule has 6 heteroatoms. The zero-order valence-corrected chi connectivity index (χ0v) is 15.5. The lowest BCUT2D eigenvalue weighted by Crippen LogP contribution is -2.36. The Morgan fingerprint density at radius 3 is 2.38 bits per heavy atom. The summed E-state index contributed by atoms with van der Waals surface area (Å²) in [6, 6.07) is 12.3. The number of carbonyl (C=O) groups is 2. The average molecular weight is 356 g/mol. The van der Waals surface area contributed by atoms with Crippen LogP contribution >= 0.6 is 0 Å². The molecule has 2 N–H and O–H groups in total. The molecule has 138 valence electrons. The van der Waals surface area contributed by atoms with Crippen LogP contribution in [0.4, 0.5) is 4.79 Å². The molecule has 2 aromatic carbocycles. The SMILES string of the molecule is COC(=O)c1ccc(CNC(=O)NC(C)c2cc(C)ccc2OC)cc1. The maximum absolute atomic E-state index is 12.2. The van der Waals surface area contributed by atoms with Gasteiger partial charge in [-0.15, -0.1) is 0 Å². The third-order valence-corrected chi connectivity index (χ3v) is 4.03. The number of benzene rings is 2. The van der Waals surface area contributed by atoms with Crippen LogP contribution in [0, 0.1) is 6.92 Å². The molecule has 6 nitrogen and oxygen atoms in total. The third kappa shape index (κ3) is 4.99. The molecule has 0 bridgehead atoms. The van der Waals surface area contributed by atoms with Gasteiger partial charge in [-0.3, -0.25) is 0 Å². The average Bonchev–Trinajstić information content (AvgIpc) is 2.66. The van der Waals surface area contributed by atoms with Gasteiger partial charge in [-0.25, -0.2) is 9.59 Å². The lowest BCUT2D eigenvalue weighted by atomic mass is 10.0. The van der Waals surface area contributed by atoms with E-state index >= 15 is 0 Å². The normalized spacial score (nSPS) is 11.4. The van der Waals surface area contributed by atoms with Crippen molar-refractivity contribution in [3.63, 3.8) is 0 Å². The van der Waals surface area contributed by atoms with Gasteiger partial charge >= 0.3 is 12.0 Å². The Morgan fingerprint density at radius 2 is 1.77 bits per heavy atom. The van der Waals surface area contributed by atoms with E-state index in [0.29, 0.717) is 12.1 Å². The van der Waals surface area contributed by atoms with Crippen molar-refractivity contribution in [2.45, 2.75) is 26.4 Å². The van der Waals surface area contributed by atoms with E-state index in [4.69, 9.17) is 4.74 Å². The largest absolute Gasteiger partial charge is 0.496 e. The number of rotatable bonds is 6. The summed E-state index contributed by atoms with van der Waals surface area (Å²) in [5.41, 5.74) is 3.38. The van der Waals surface area contributed by atoms with Crippen LogP contribution in [0.1, 0.15) is 40.0 Å². The summed E-state index contributed by atoms with van der Waals surface area (Å²) in [5.74, 6) is 0.352. The van der Waals surface area contributed by atoms with Gasteiger partial charge in [0.05, 0.1) is 25.8 Å². The number of hydrogen-bond donors (Lipinski definition) is 2. The first-order valence-corrected chi connectivity index (χ1v) is 8.30. The first-order chi connectivity index (χ1) is 12.4. The minimum absolute atomic E-state index is 0.202. The smallest absolute Gasteiger partial charge is 0.337 e. The van der Waals surface area contributed by atoms with E-state index in [0.717, 1.165) is 22.4 Å². The predicted molar refractivity (Wildman–Crippen MR) is 99.3 cm³/mol. The number of aryl methyl sites for hydroxylation is 1. The molecule has 26 heavy (non-hydrogen) atoms. The maximum atomic E-state index is 12.2. The van der Waals surface area contributed by atoms with E-state index in [1.165, 1.54) is 7.11 Å². The fraction of sp³-hybridized carbons (Fsp3) is 0.300. The van der Waals surface area contributed by atoms with Crippen LogP contribution in [0.3, 0.4) is 0 Å². The van der Waals surface area contributed by atoms with E-state index in [2.05, 4.69) is 15.4 Å². The van der Waals surface area contributed by atoms with Crippen molar-refractivity contribution in [3.05, 3.63) is 64.7 Å². The van der Waals surface area contributed by atoms with Gasteiger partial charge in [-0.1, -0.05) is 29.8 Å². The van der Waals surface area contributed by atoms with Gasteiger partial charge in [0.25, 0.3) is 0 Å². The van der Waals surface area contributed by atoms with E-state index in [1.54, 1.807) is 31.4 Å². The third-order valence-electron chi connectivity index (χ3n) is 4.03. The van der Waals surface area contributed by atoms with Gasteiger partial charge in [0, 0.05) is 12.1 Å². The molecule has 2 amide bonds. The first-order valence-electron chi connectivity index (χ1n) is 8.30. The molecule has 0 spiro atoms. The second-order valence-corrected chi connectivity index (χ2v) is 5.98. The molecule has 0 saturated heterocycles. The van der Waals surface area contributed by atoms with Crippen molar-refractivity contribution in [3.8, 4) is 5.75 Å². The number of urea groups is 1. The fourth-order valence-electron chi connectivity index (χ4n) is 2.58. The van der Waals surface area contributed by atoms with Gasteiger partial charge < -0.3 is 20.1 Å². The lowest BCUT2D eigenvalue weighted by molar-refractivity contribution is 0.0600. The molecule has 0 aromatic heterocycles. The molecule has 0 aliphatic rings. The highest BCUT2D eigenvalue weighted by Gasteiger charge is 2.14. The number of esters is 1. The molecule has 0 saturated carbocycles. The van der Waals surface area contributed by atoms with E-state index < -0.39 is 0 Å². The second-order valence-electron chi connectivity index (χ2n) is 5.98. The fourth-order valence-corrected chi connectivity index (χ4v) is 2.58. The Hall–Kier alpha value is -3.02. The highest BCUT2D eigenvalue weighted by Crippen LogP contribution is 2.25. The van der Waals surface area contributed by atoms with Crippen LogP contribution in [0.25, 0.3) is 0 Å². The van der Waals surface area contributed by atoms with Crippen LogP contribution < -0.4 is 15.4 Å². The summed E-state index contributed by atoms with van der Waals surface area (Å²) in [5, 5.41) is 5.71. The zero-order chi connectivity index (χ0) is 19.1. The summed E-state index contributed by atoms with van der Waals surface area (Å²) in [7, 11) is 2.95. The molecule has 1 atom stereocenters. The van der Waals surface area contributed by atoms with Crippen LogP contribution in [0.5, 0.6) is 5.75 Å². The number of nitrogens with one attached hydrogen (secondary N) is 2. The van der Waals surface area contributed by atoms with Crippen molar-refractivity contribution in [2.24, 2.45) is 0 Å². The molecular weight excluding hydrogens is 332 g/mol. The predicted octanol–water partition coefficient (Wildman–Crippen LogP) is 3.35. The van der Waals surface area contributed by atoms with Crippen LogP contribution in [-0.4, -0.2) is 26.2 Å². The van der Waals surface area contributed by atoms with Crippen molar-refractivity contribution in [1.29, 1.82) is 0 Å². The molecule has 1 unspecified atom stereocenters. The summed E-state index contributed by atoms with van der Waals surface area (Å²) >= 11 is 0. The van der Waals surface area contributed by atoms with Crippen LogP contribution in [0.2, 0.25) is 0 Å². The zero-order valence-electron chi connectivity index (χ0n) is 15.5.